The van der Waals surface area contributed by atoms with Crippen LogP contribution in [0.1, 0.15) is 11.1 Å². The molecule has 0 bridgehead atoms. The van der Waals surface area contributed by atoms with Crippen molar-refractivity contribution in [1.82, 2.24) is 4.90 Å². The normalized spacial score (nSPS) is 17.0. The molecule has 2 N–H and O–H groups in total. The first-order valence-corrected chi connectivity index (χ1v) is 6.98. The second-order valence-corrected chi connectivity index (χ2v) is 5.49. The summed E-state index contributed by atoms with van der Waals surface area (Å²) in [5, 5.41) is 0. The SMILES string of the molecule is CN(Cc1cccc(N)c1)CC1Cc2ccccc2O1. The van der Waals surface area contributed by atoms with Gasteiger partial charge in [0.25, 0.3) is 0 Å². The van der Waals surface area contributed by atoms with Gasteiger partial charge in [0.2, 0.25) is 0 Å². The molecule has 0 aliphatic carbocycles. The predicted octanol–water partition coefficient (Wildman–Crippen LogP) is 2.70. The molecule has 1 aliphatic rings. The zero-order valence-corrected chi connectivity index (χ0v) is 11.8. The Morgan fingerprint density at radius 1 is 1.20 bits per heavy atom. The van der Waals surface area contributed by atoms with Crippen molar-refractivity contribution in [2.45, 2.75) is 19.1 Å². The van der Waals surface area contributed by atoms with Gasteiger partial charge < -0.3 is 10.5 Å². The number of nitrogens with zero attached hydrogens (tertiary/aromatic N) is 1. The molecule has 0 fully saturated rings. The third kappa shape index (κ3) is 2.94. The monoisotopic (exact) mass is 268 g/mol. The predicted molar refractivity (Wildman–Crippen MR) is 81.8 cm³/mol. The number of nitrogens with two attached hydrogens (primary N) is 1. The summed E-state index contributed by atoms with van der Waals surface area (Å²) < 4.78 is 5.97. The molecule has 1 heterocycles. The van der Waals surface area contributed by atoms with Crippen molar-refractivity contribution in [3.05, 3.63) is 59.7 Å². The fraction of sp³-hybridized carbons (Fsp3) is 0.294. The van der Waals surface area contributed by atoms with Gasteiger partial charge in [0.1, 0.15) is 11.9 Å². The van der Waals surface area contributed by atoms with Gasteiger partial charge in [-0.15, -0.1) is 0 Å². The van der Waals surface area contributed by atoms with Gasteiger partial charge in [0.05, 0.1) is 0 Å². The first-order chi connectivity index (χ1) is 9.70. The highest BCUT2D eigenvalue weighted by molar-refractivity contribution is 5.40. The Morgan fingerprint density at radius 3 is 2.85 bits per heavy atom. The van der Waals surface area contributed by atoms with E-state index in [-0.39, 0.29) is 6.10 Å². The summed E-state index contributed by atoms with van der Waals surface area (Å²) in [6.45, 7) is 1.81. The molecular weight excluding hydrogens is 248 g/mol. The van der Waals surface area contributed by atoms with Crippen molar-refractivity contribution in [1.29, 1.82) is 0 Å². The van der Waals surface area contributed by atoms with E-state index >= 15 is 0 Å². The fourth-order valence-electron chi connectivity index (χ4n) is 2.77. The van der Waals surface area contributed by atoms with Gasteiger partial charge in [-0.2, -0.15) is 0 Å². The van der Waals surface area contributed by atoms with Crippen LogP contribution < -0.4 is 10.5 Å². The van der Waals surface area contributed by atoms with Crippen molar-refractivity contribution in [3.63, 3.8) is 0 Å². The number of benzene rings is 2. The van der Waals surface area contributed by atoms with E-state index in [1.54, 1.807) is 0 Å². The maximum absolute atomic E-state index is 5.97. The lowest BCUT2D eigenvalue weighted by atomic mass is 10.1. The van der Waals surface area contributed by atoms with Crippen LogP contribution in [0.4, 0.5) is 5.69 Å². The van der Waals surface area contributed by atoms with Crippen molar-refractivity contribution in [2.24, 2.45) is 0 Å². The Bertz CT molecular complexity index is 572. The quantitative estimate of drug-likeness (QED) is 0.866. The first kappa shape index (κ1) is 13.0. The summed E-state index contributed by atoms with van der Waals surface area (Å²) >= 11 is 0. The summed E-state index contributed by atoms with van der Waals surface area (Å²) in [6.07, 6.45) is 1.25. The fourth-order valence-corrected chi connectivity index (χ4v) is 2.77. The van der Waals surface area contributed by atoms with E-state index in [4.69, 9.17) is 10.5 Å². The highest BCUT2D eigenvalue weighted by Crippen LogP contribution is 2.28. The van der Waals surface area contributed by atoms with Crippen molar-refractivity contribution in [3.8, 4) is 5.75 Å². The number of hydrogen-bond donors (Lipinski definition) is 1. The maximum atomic E-state index is 5.97. The molecule has 2 aromatic rings. The maximum Gasteiger partial charge on any atom is 0.123 e. The van der Waals surface area contributed by atoms with Crippen molar-refractivity contribution < 1.29 is 4.74 Å². The summed E-state index contributed by atoms with van der Waals surface area (Å²) in [4.78, 5) is 2.28. The summed E-state index contributed by atoms with van der Waals surface area (Å²) in [7, 11) is 2.12. The smallest absolute Gasteiger partial charge is 0.123 e. The van der Waals surface area contributed by atoms with Crippen LogP contribution in [0.25, 0.3) is 0 Å². The van der Waals surface area contributed by atoms with Crippen molar-refractivity contribution >= 4 is 5.69 Å². The third-order valence-electron chi connectivity index (χ3n) is 3.63. The molecule has 0 saturated carbocycles. The Morgan fingerprint density at radius 2 is 2.05 bits per heavy atom. The van der Waals surface area contributed by atoms with E-state index in [0.29, 0.717) is 0 Å². The van der Waals surface area contributed by atoms with Crippen molar-refractivity contribution in [2.75, 3.05) is 19.3 Å². The van der Waals surface area contributed by atoms with Crippen LogP contribution in [0.3, 0.4) is 0 Å². The minimum absolute atomic E-state index is 0.249. The molecule has 2 aromatic carbocycles. The molecule has 3 heteroatoms. The second kappa shape index (κ2) is 5.55. The van der Waals surface area contributed by atoms with Gasteiger partial charge in [-0.25, -0.2) is 0 Å². The van der Waals surface area contributed by atoms with Crippen LogP contribution in [0.15, 0.2) is 48.5 Å². The number of nitrogen functional groups attached to an aromatic ring is 1. The summed E-state index contributed by atoms with van der Waals surface area (Å²) in [5.74, 6) is 1.04. The number of rotatable bonds is 4. The van der Waals surface area contributed by atoms with Crippen LogP contribution in [-0.2, 0) is 13.0 Å². The average Bonchev–Trinajstić information content (AvgIpc) is 2.80. The number of hydrogen-bond acceptors (Lipinski definition) is 3. The summed E-state index contributed by atoms with van der Waals surface area (Å²) in [6, 6.07) is 16.3. The molecular formula is C17H20N2O. The average molecular weight is 268 g/mol. The third-order valence-corrected chi connectivity index (χ3v) is 3.63. The topological polar surface area (TPSA) is 38.5 Å². The van der Waals surface area contributed by atoms with Gasteiger partial charge >= 0.3 is 0 Å². The summed E-state index contributed by atoms with van der Waals surface area (Å²) in [5.41, 5.74) is 9.19. The van der Waals surface area contributed by atoms with E-state index < -0.39 is 0 Å². The van der Waals surface area contributed by atoms with E-state index in [2.05, 4.69) is 30.1 Å². The van der Waals surface area contributed by atoms with Gasteiger partial charge in [-0.1, -0.05) is 30.3 Å². The number of likely N-dealkylation sites (N-methyl/N-ethyl adjacent to an activating group) is 1. The zero-order valence-electron chi connectivity index (χ0n) is 11.8. The van der Waals surface area contributed by atoms with Gasteiger partial charge in [-0.05, 0) is 36.4 Å². The Labute approximate surface area is 120 Å². The minimum atomic E-state index is 0.249. The Balaban J connectivity index is 1.57. The molecule has 0 spiro atoms. The number of para-hydroxylation sites is 1. The van der Waals surface area contributed by atoms with E-state index in [9.17, 15) is 0 Å². The highest BCUT2D eigenvalue weighted by Gasteiger charge is 2.23. The highest BCUT2D eigenvalue weighted by atomic mass is 16.5. The van der Waals surface area contributed by atoms with Gasteiger partial charge in [0.15, 0.2) is 0 Å². The lowest BCUT2D eigenvalue weighted by molar-refractivity contribution is 0.165. The lowest BCUT2D eigenvalue weighted by Gasteiger charge is -2.21. The molecule has 0 saturated heterocycles. The number of anilines is 1. The molecule has 104 valence electrons. The van der Waals surface area contributed by atoms with E-state index in [0.717, 1.165) is 30.9 Å². The van der Waals surface area contributed by atoms with Crippen LogP contribution >= 0.6 is 0 Å². The molecule has 0 radical (unpaired) electrons. The molecule has 0 aromatic heterocycles. The number of ether oxygens (including phenoxy) is 1. The second-order valence-electron chi connectivity index (χ2n) is 5.49. The molecule has 1 unspecified atom stereocenters. The largest absolute Gasteiger partial charge is 0.488 e. The first-order valence-electron chi connectivity index (χ1n) is 6.98. The Kier molecular flexibility index (Phi) is 3.61. The zero-order chi connectivity index (χ0) is 13.9. The molecule has 1 aliphatic heterocycles. The number of fused-ring (bicyclic) bond motifs is 1. The standard InChI is InChI=1S/C17H20N2O/c1-19(11-13-5-4-7-15(18)9-13)12-16-10-14-6-2-3-8-17(14)20-16/h2-9,16H,10-12,18H2,1H3. The van der Waals surface area contributed by atoms with Gasteiger partial charge in [-0.3, -0.25) is 4.90 Å². The minimum Gasteiger partial charge on any atom is -0.488 e. The lowest BCUT2D eigenvalue weighted by Crippen LogP contribution is -2.31. The molecule has 3 nitrogen and oxygen atoms in total. The van der Waals surface area contributed by atoms with Crippen LogP contribution in [0.2, 0.25) is 0 Å². The molecule has 0 amide bonds. The van der Waals surface area contributed by atoms with E-state index in [1.165, 1.54) is 11.1 Å². The molecule has 1 atom stereocenters. The van der Waals surface area contributed by atoms with Crippen LogP contribution in [-0.4, -0.2) is 24.6 Å². The molecule has 20 heavy (non-hydrogen) atoms. The van der Waals surface area contributed by atoms with Crippen LogP contribution in [0, 0.1) is 0 Å². The van der Waals surface area contributed by atoms with Crippen LogP contribution in [0.5, 0.6) is 5.75 Å². The van der Waals surface area contributed by atoms with Gasteiger partial charge in [0, 0.05) is 25.2 Å². The van der Waals surface area contributed by atoms with E-state index in [1.807, 2.05) is 30.3 Å². The molecule has 3 rings (SSSR count). The Hall–Kier alpha value is -2.00.